The fraction of sp³-hybridized carbons (Fsp3) is 0.273. The molecule has 0 saturated heterocycles. The monoisotopic (exact) mass is 290 g/mol. The Bertz CT molecular complexity index is 655. The van der Waals surface area contributed by atoms with Crippen LogP contribution in [-0.4, -0.2) is 24.6 Å². The Morgan fingerprint density at radius 3 is 2.42 bits per heavy atom. The summed E-state index contributed by atoms with van der Waals surface area (Å²) in [5, 5.41) is 5.17. The van der Waals surface area contributed by atoms with Crippen LogP contribution in [0.15, 0.2) is 28.2 Å². The average molecular weight is 290 g/mol. The molecule has 19 heavy (non-hydrogen) atoms. The Hall–Kier alpha value is -0.730. The third-order valence-electron chi connectivity index (χ3n) is 2.61. The molecule has 0 bridgehead atoms. The second-order valence-electron chi connectivity index (χ2n) is 4.12. The third kappa shape index (κ3) is 3.43. The minimum absolute atomic E-state index is 0. The molecule has 0 aliphatic carbocycles. The zero-order valence-electron chi connectivity index (χ0n) is 10.9. The number of carbonyl (C=O) groups excluding carboxylic acids is 1. The molecule has 6 nitrogen and oxygen atoms in total. The predicted octanol–water partition coefficient (Wildman–Crippen LogP) is -1.98. The smallest absolute Gasteiger partial charge is 0.744 e. The molecule has 8 heteroatoms. The number of hydrogen-bond acceptors (Lipinski definition) is 5. The number of amides is 1. The molecule has 0 N–H and O–H groups in total. The van der Waals surface area contributed by atoms with Gasteiger partial charge in [-0.3, -0.25) is 4.79 Å². The zero-order valence-corrected chi connectivity index (χ0v) is 13.7. The van der Waals surface area contributed by atoms with Crippen molar-refractivity contribution < 1.29 is 47.3 Å². The van der Waals surface area contributed by atoms with Crippen LogP contribution in [0.5, 0.6) is 0 Å². The van der Waals surface area contributed by atoms with Crippen molar-refractivity contribution in [2.45, 2.75) is 25.2 Å². The van der Waals surface area contributed by atoms with E-state index in [1.807, 2.05) is 0 Å². The van der Waals surface area contributed by atoms with E-state index >= 15 is 0 Å². The molecule has 1 aromatic rings. The van der Waals surface area contributed by atoms with E-state index in [1.54, 1.807) is 13.8 Å². The molecule has 2 rings (SSSR count). The van der Waals surface area contributed by atoms with Crippen LogP contribution >= 0.6 is 0 Å². The summed E-state index contributed by atoms with van der Waals surface area (Å²) in [4.78, 5) is 11.3. The number of hydrogen-bond donors (Lipinski definition) is 0. The zero-order chi connectivity index (χ0) is 13.5. The van der Waals surface area contributed by atoms with Gasteiger partial charge >= 0.3 is 29.6 Å². The van der Waals surface area contributed by atoms with Crippen LogP contribution in [-0.2, 0) is 14.9 Å². The van der Waals surface area contributed by atoms with Crippen LogP contribution in [0.25, 0.3) is 0 Å². The maximum absolute atomic E-state index is 11.7. The van der Waals surface area contributed by atoms with Gasteiger partial charge in [-0.2, -0.15) is 5.10 Å². The molecular weight excluding hydrogens is 279 g/mol. The van der Waals surface area contributed by atoms with Crippen molar-refractivity contribution in [3.63, 3.8) is 0 Å². The molecule has 0 saturated carbocycles. The summed E-state index contributed by atoms with van der Waals surface area (Å²) in [5.74, 6) is -0.240. The summed E-state index contributed by atoms with van der Waals surface area (Å²) in [6.07, 6.45) is 0.202. The van der Waals surface area contributed by atoms with Crippen molar-refractivity contribution in [2.75, 3.05) is 5.01 Å². The van der Waals surface area contributed by atoms with E-state index in [-0.39, 0.29) is 46.8 Å². The molecule has 1 aromatic carbocycles. The summed E-state index contributed by atoms with van der Waals surface area (Å²) in [7, 11) is -4.54. The van der Waals surface area contributed by atoms with Crippen molar-refractivity contribution in [3.05, 3.63) is 23.8 Å². The van der Waals surface area contributed by atoms with Gasteiger partial charge in [0.2, 0.25) is 0 Å². The molecule has 0 spiro atoms. The number of carbonyl (C=O) groups is 1. The molecule has 1 amide bonds. The molecule has 0 radical (unpaired) electrons. The van der Waals surface area contributed by atoms with E-state index in [0.29, 0.717) is 17.0 Å². The molecular formula is C11H11N2NaO4S. The molecule has 0 aromatic heterocycles. The van der Waals surface area contributed by atoms with E-state index in [4.69, 9.17) is 0 Å². The summed E-state index contributed by atoms with van der Waals surface area (Å²) in [6, 6.07) is 3.88. The second-order valence-corrected chi connectivity index (χ2v) is 5.50. The van der Waals surface area contributed by atoms with Crippen molar-refractivity contribution in [3.8, 4) is 0 Å². The number of aryl methyl sites for hydroxylation is 1. The standard InChI is InChI=1S/C11H12N2O4S.Na/c1-7-3-4-9(18(15,16)17)6-10(7)13-11(14)5-8(2)12-13;/h3-4,6H,5H2,1-2H3,(H,15,16,17);/q;+1/p-1. The predicted molar refractivity (Wildman–Crippen MR) is 64.4 cm³/mol. The number of hydrazone groups is 1. The van der Waals surface area contributed by atoms with E-state index < -0.39 is 10.1 Å². The van der Waals surface area contributed by atoms with E-state index in [2.05, 4.69) is 5.10 Å². The first-order chi connectivity index (χ1) is 8.29. The van der Waals surface area contributed by atoms with Gasteiger partial charge in [0.15, 0.2) is 0 Å². The van der Waals surface area contributed by atoms with Crippen LogP contribution in [0, 0.1) is 6.92 Å². The normalized spacial score (nSPS) is 15.2. The Labute approximate surface area is 133 Å². The minimum atomic E-state index is -4.54. The molecule has 1 heterocycles. The SMILES string of the molecule is CC1=NN(c2cc(S(=O)(=O)[O-])ccc2C)C(=O)C1.[Na+]. The maximum Gasteiger partial charge on any atom is 1.00 e. The molecule has 96 valence electrons. The molecule has 0 unspecified atom stereocenters. The summed E-state index contributed by atoms with van der Waals surface area (Å²) in [5.41, 5.74) is 1.65. The van der Waals surface area contributed by atoms with Crippen molar-refractivity contribution >= 4 is 27.4 Å². The molecule has 1 aliphatic rings. The average Bonchev–Trinajstić information content (AvgIpc) is 2.56. The number of nitrogens with zero attached hydrogens (tertiary/aromatic N) is 2. The topological polar surface area (TPSA) is 89.9 Å². The molecule has 0 fully saturated rings. The number of benzene rings is 1. The number of rotatable bonds is 2. The van der Waals surface area contributed by atoms with Gasteiger partial charge in [-0.25, -0.2) is 13.4 Å². The third-order valence-corrected chi connectivity index (χ3v) is 3.44. The van der Waals surface area contributed by atoms with Crippen molar-refractivity contribution in [2.24, 2.45) is 5.10 Å². The van der Waals surface area contributed by atoms with Gasteiger partial charge in [-0.15, -0.1) is 0 Å². The van der Waals surface area contributed by atoms with Gasteiger partial charge in [0.05, 0.1) is 17.0 Å². The summed E-state index contributed by atoms with van der Waals surface area (Å²) in [6.45, 7) is 3.43. The number of anilines is 1. The van der Waals surface area contributed by atoms with Crippen molar-refractivity contribution in [1.29, 1.82) is 0 Å². The van der Waals surface area contributed by atoms with E-state index in [1.165, 1.54) is 18.2 Å². The fourth-order valence-corrected chi connectivity index (χ4v) is 2.21. The first-order valence-electron chi connectivity index (χ1n) is 5.22. The van der Waals surface area contributed by atoms with Gasteiger partial charge in [0, 0.05) is 5.71 Å². The molecule has 1 aliphatic heterocycles. The first-order valence-corrected chi connectivity index (χ1v) is 6.63. The maximum atomic E-state index is 11.7. The van der Waals surface area contributed by atoms with E-state index in [0.717, 1.165) is 5.01 Å². The van der Waals surface area contributed by atoms with Crippen LogP contribution in [0.2, 0.25) is 0 Å². The Balaban J connectivity index is 0.00000180. The molecule has 0 atom stereocenters. The summed E-state index contributed by atoms with van der Waals surface area (Å²) < 4.78 is 32.9. The van der Waals surface area contributed by atoms with E-state index in [9.17, 15) is 17.8 Å². The van der Waals surface area contributed by atoms with Crippen molar-refractivity contribution in [1.82, 2.24) is 0 Å². The van der Waals surface area contributed by atoms with Crippen LogP contribution in [0.3, 0.4) is 0 Å². The van der Waals surface area contributed by atoms with Gasteiger partial charge in [0.25, 0.3) is 5.91 Å². The minimum Gasteiger partial charge on any atom is -0.744 e. The van der Waals surface area contributed by atoms with Gasteiger partial charge in [0.1, 0.15) is 10.1 Å². The van der Waals surface area contributed by atoms with Crippen LogP contribution in [0.4, 0.5) is 5.69 Å². The van der Waals surface area contributed by atoms with Gasteiger partial charge in [-0.05, 0) is 31.5 Å². The van der Waals surface area contributed by atoms with Gasteiger partial charge in [-0.1, -0.05) is 6.07 Å². The largest absolute Gasteiger partial charge is 1.00 e. The fourth-order valence-electron chi connectivity index (χ4n) is 1.72. The van der Waals surface area contributed by atoms with Gasteiger partial charge < -0.3 is 4.55 Å². The van der Waals surface area contributed by atoms with Crippen LogP contribution < -0.4 is 34.6 Å². The Morgan fingerprint density at radius 1 is 1.32 bits per heavy atom. The second kappa shape index (κ2) is 5.72. The van der Waals surface area contributed by atoms with Crippen LogP contribution in [0.1, 0.15) is 18.9 Å². The summed E-state index contributed by atoms with van der Waals surface area (Å²) >= 11 is 0. The quantitative estimate of drug-likeness (QED) is 0.466. The Morgan fingerprint density at radius 2 is 1.95 bits per heavy atom. The Kier molecular flexibility index (Phi) is 4.91. The first kappa shape index (κ1) is 16.3.